The van der Waals surface area contributed by atoms with Crippen molar-refractivity contribution in [2.75, 3.05) is 0 Å². The van der Waals surface area contributed by atoms with Crippen LogP contribution >= 0.6 is 0 Å². The summed E-state index contributed by atoms with van der Waals surface area (Å²) in [6.07, 6.45) is 8.09. The highest BCUT2D eigenvalue weighted by atomic mass is 14.4. The average Bonchev–Trinajstić information content (AvgIpc) is 2.48. The molecule has 0 heterocycles. The van der Waals surface area contributed by atoms with E-state index in [1.165, 1.54) is 25.7 Å². The Morgan fingerprint density at radius 3 is 2.22 bits per heavy atom. The Morgan fingerprint density at radius 1 is 1.11 bits per heavy atom. The minimum atomic E-state index is 0.900. The number of rotatable bonds is 2. The molecule has 2 fully saturated rings. The summed E-state index contributed by atoms with van der Waals surface area (Å²) in [5.41, 5.74) is 0. The maximum atomic E-state index is 3.84. The summed E-state index contributed by atoms with van der Waals surface area (Å²) in [7, 11) is 0. The zero-order chi connectivity index (χ0) is 6.27. The van der Waals surface area contributed by atoms with E-state index >= 15 is 0 Å². The maximum Gasteiger partial charge on any atom is -0.0205 e. The number of hydrogen-bond acceptors (Lipinski definition) is 0. The van der Waals surface area contributed by atoms with Gasteiger partial charge >= 0.3 is 0 Å². The van der Waals surface area contributed by atoms with Gasteiger partial charge in [-0.1, -0.05) is 6.08 Å². The van der Waals surface area contributed by atoms with Gasteiger partial charge in [-0.2, -0.15) is 0 Å². The van der Waals surface area contributed by atoms with Crippen molar-refractivity contribution in [2.24, 2.45) is 17.8 Å². The molecule has 2 aliphatic carbocycles. The highest BCUT2D eigenvalue weighted by Gasteiger charge is 2.40. The Bertz CT molecular complexity index is 122. The lowest BCUT2D eigenvalue weighted by molar-refractivity contribution is 0.197. The van der Waals surface area contributed by atoms with Gasteiger partial charge in [-0.3, -0.25) is 0 Å². The maximum absolute atomic E-state index is 3.84. The van der Waals surface area contributed by atoms with Gasteiger partial charge in [0.25, 0.3) is 0 Å². The van der Waals surface area contributed by atoms with E-state index in [-0.39, 0.29) is 0 Å². The zero-order valence-corrected chi connectivity index (χ0v) is 5.84. The quantitative estimate of drug-likeness (QED) is 0.494. The lowest BCUT2D eigenvalue weighted by atomic mass is 9.71. The fraction of sp³-hybridized carbons (Fsp3) is 0.778. The van der Waals surface area contributed by atoms with E-state index in [4.69, 9.17) is 0 Å². The van der Waals surface area contributed by atoms with Crippen LogP contribution in [0, 0.1) is 17.8 Å². The van der Waals surface area contributed by atoms with Gasteiger partial charge < -0.3 is 0 Å². The summed E-state index contributed by atoms with van der Waals surface area (Å²) < 4.78 is 0. The van der Waals surface area contributed by atoms with E-state index in [0.717, 1.165) is 17.8 Å². The molecule has 0 radical (unpaired) electrons. The highest BCUT2D eigenvalue weighted by molar-refractivity contribution is 4.98. The third-order valence-corrected chi connectivity index (χ3v) is 2.91. The summed E-state index contributed by atoms with van der Waals surface area (Å²) in [5.74, 6) is 3.07. The first-order valence-corrected chi connectivity index (χ1v) is 4.04. The summed E-state index contributed by atoms with van der Waals surface area (Å²) in [6.45, 7) is 3.84. The van der Waals surface area contributed by atoms with Gasteiger partial charge in [-0.05, 0) is 43.4 Å². The second-order valence-corrected chi connectivity index (χ2v) is 3.48. The second kappa shape index (κ2) is 1.86. The van der Waals surface area contributed by atoms with Crippen molar-refractivity contribution in [1.82, 2.24) is 0 Å². The van der Waals surface area contributed by atoms with Gasteiger partial charge in [0.05, 0.1) is 0 Å². The molecule has 0 nitrogen and oxygen atoms in total. The van der Waals surface area contributed by atoms with Crippen LogP contribution in [0.1, 0.15) is 25.7 Å². The van der Waals surface area contributed by atoms with E-state index in [2.05, 4.69) is 12.7 Å². The lowest BCUT2D eigenvalue weighted by Crippen LogP contribution is -2.25. The van der Waals surface area contributed by atoms with E-state index < -0.39 is 0 Å². The van der Waals surface area contributed by atoms with Gasteiger partial charge in [-0.15, -0.1) is 6.58 Å². The molecule has 2 saturated carbocycles. The monoisotopic (exact) mass is 122 g/mol. The number of allylic oxidation sites excluding steroid dienone is 1. The molecule has 0 bridgehead atoms. The normalized spacial score (nSPS) is 41.8. The molecule has 2 rings (SSSR count). The van der Waals surface area contributed by atoms with Crippen molar-refractivity contribution in [1.29, 1.82) is 0 Å². The van der Waals surface area contributed by atoms with Crippen LogP contribution in [0.5, 0.6) is 0 Å². The summed E-state index contributed by atoms with van der Waals surface area (Å²) in [6, 6.07) is 0. The summed E-state index contributed by atoms with van der Waals surface area (Å²) >= 11 is 0. The van der Waals surface area contributed by atoms with Crippen LogP contribution in [0.15, 0.2) is 12.7 Å². The minimum absolute atomic E-state index is 0.900. The first-order valence-electron chi connectivity index (χ1n) is 4.04. The van der Waals surface area contributed by atoms with Crippen LogP contribution in [0.4, 0.5) is 0 Å². The Hall–Kier alpha value is -0.260. The van der Waals surface area contributed by atoms with Crippen molar-refractivity contribution in [3.8, 4) is 0 Å². The summed E-state index contributed by atoms with van der Waals surface area (Å²) in [5, 5.41) is 0. The van der Waals surface area contributed by atoms with Gasteiger partial charge in [0.1, 0.15) is 0 Å². The van der Waals surface area contributed by atoms with Crippen LogP contribution in [0.3, 0.4) is 0 Å². The molecule has 50 valence electrons. The molecule has 0 aromatic rings. The molecule has 0 N–H and O–H groups in total. The molecule has 2 aliphatic rings. The molecule has 9 heavy (non-hydrogen) atoms. The standard InChI is InChI=1S/C9H14/c1-2-7-5-6-9(7)8-3-4-8/h2,7-9H,1,3-6H2/t7-,9+/m1/s1. The molecule has 0 heteroatoms. The largest absolute Gasteiger partial charge is 0.103 e. The van der Waals surface area contributed by atoms with E-state index in [9.17, 15) is 0 Å². The molecule has 0 unspecified atom stereocenters. The smallest absolute Gasteiger partial charge is 0.0205 e. The second-order valence-electron chi connectivity index (χ2n) is 3.48. The van der Waals surface area contributed by atoms with Crippen LogP contribution in [0.2, 0.25) is 0 Å². The Labute approximate surface area is 57.0 Å². The third kappa shape index (κ3) is 0.810. The lowest BCUT2D eigenvalue weighted by Gasteiger charge is -2.34. The molecule has 0 saturated heterocycles. The third-order valence-electron chi connectivity index (χ3n) is 2.91. The van der Waals surface area contributed by atoms with E-state index in [1.54, 1.807) is 0 Å². The summed E-state index contributed by atoms with van der Waals surface area (Å²) in [4.78, 5) is 0. The Balaban J connectivity index is 1.90. The molecular weight excluding hydrogens is 108 g/mol. The Kier molecular flexibility index (Phi) is 1.14. The van der Waals surface area contributed by atoms with Gasteiger partial charge in [0.15, 0.2) is 0 Å². The van der Waals surface area contributed by atoms with Gasteiger partial charge in [-0.25, -0.2) is 0 Å². The molecular formula is C9H14. The predicted molar refractivity (Wildman–Crippen MR) is 39.1 cm³/mol. The molecule has 0 spiro atoms. The SMILES string of the molecule is C=C[C@@H]1CC[C@@H]1C1CC1. The topological polar surface area (TPSA) is 0 Å². The first-order chi connectivity index (χ1) is 4.42. The van der Waals surface area contributed by atoms with Gasteiger partial charge in [0, 0.05) is 0 Å². The molecule has 2 atom stereocenters. The highest BCUT2D eigenvalue weighted by Crippen LogP contribution is 2.50. The van der Waals surface area contributed by atoms with Gasteiger partial charge in [0.2, 0.25) is 0 Å². The molecule has 0 aliphatic heterocycles. The first kappa shape index (κ1) is 5.52. The fourth-order valence-electron chi connectivity index (χ4n) is 1.95. The fourth-order valence-corrected chi connectivity index (χ4v) is 1.95. The molecule has 0 aromatic heterocycles. The van der Waals surface area contributed by atoms with Crippen molar-refractivity contribution in [2.45, 2.75) is 25.7 Å². The van der Waals surface area contributed by atoms with Crippen LogP contribution in [0.25, 0.3) is 0 Å². The van der Waals surface area contributed by atoms with E-state index in [0.29, 0.717) is 0 Å². The van der Waals surface area contributed by atoms with E-state index in [1.807, 2.05) is 0 Å². The van der Waals surface area contributed by atoms with Crippen LogP contribution in [-0.4, -0.2) is 0 Å². The number of hydrogen-bond donors (Lipinski definition) is 0. The minimum Gasteiger partial charge on any atom is -0.103 e. The zero-order valence-electron chi connectivity index (χ0n) is 5.84. The average molecular weight is 122 g/mol. The van der Waals surface area contributed by atoms with Crippen molar-refractivity contribution in [3.63, 3.8) is 0 Å². The predicted octanol–water partition coefficient (Wildman–Crippen LogP) is 2.61. The molecule has 0 aromatic carbocycles. The van der Waals surface area contributed by atoms with Crippen LogP contribution < -0.4 is 0 Å². The molecule has 0 amide bonds. The van der Waals surface area contributed by atoms with Crippen molar-refractivity contribution >= 4 is 0 Å². The van der Waals surface area contributed by atoms with Crippen molar-refractivity contribution < 1.29 is 0 Å². The Morgan fingerprint density at radius 2 is 1.89 bits per heavy atom. The van der Waals surface area contributed by atoms with Crippen molar-refractivity contribution in [3.05, 3.63) is 12.7 Å². The van der Waals surface area contributed by atoms with Crippen LogP contribution in [-0.2, 0) is 0 Å².